The summed E-state index contributed by atoms with van der Waals surface area (Å²) >= 11 is 5.85. The molecular formula is C11H18ClN. The van der Waals surface area contributed by atoms with E-state index in [2.05, 4.69) is 31.5 Å². The van der Waals surface area contributed by atoms with Crippen molar-refractivity contribution in [3.8, 4) is 0 Å². The topological polar surface area (TPSA) is 3.24 Å². The lowest BCUT2D eigenvalue weighted by molar-refractivity contribution is 0.386. The molecule has 2 heteroatoms. The molecule has 0 rings (SSSR count). The van der Waals surface area contributed by atoms with Gasteiger partial charge in [-0.2, -0.15) is 0 Å². The van der Waals surface area contributed by atoms with Crippen molar-refractivity contribution in [3.63, 3.8) is 0 Å². The lowest BCUT2D eigenvalue weighted by Gasteiger charge is -2.14. The lowest BCUT2D eigenvalue weighted by atomic mass is 10.2. The van der Waals surface area contributed by atoms with Crippen LogP contribution >= 0.6 is 11.6 Å². The van der Waals surface area contributed by atoms with Crippen LogP contribution in [0.15, 0.2) is 35.4 Å². The fourth-order valence-corrected chi connectivity index (χ4v) is 1.02. The average Bonchev–Trinajstić information content (AvgIpc) is 2.16. The zero-order valence-electron chi connectivity index (χ0n) is 8.68. The van der Waals surface area contributed by atoms with Crippen LogP contribution in [0.5, 0.6) is 0 Å². The third kappa shape index (κ3) is 5.67. The largest absolute Gasteiger partial charge is 0.302 e. The molecule has 0 aliphatic heterocycles. The number of allylic oxidation sites excluding steroid dienone is 3. The van der Waals surface area contributed by atoms with E-state index in [-0.39, 0.29) is 0 Å². The van der Waals surface area contributed by atoms with Gasteiger partial charge in [-0.15, -0.1) is 0 Å². The van der Waals surface area contributed by atoms with Gasteiger partial charge in [0.2, 0.25) is 0 Å². The smallest absolute Gasteiger partial charge is 0.0403 e. The van der Waals surface area contributed by atoms with Crippen LogP contribution in [-0.2, 0) is 0 Å². The van der Waals surface area contributed by atoms with Crippen LogP contribution in [0, 0.1) is 0 Å². The SMILES string of the molecule is C=C/C(Cl)=C\C(=C/C)CN(C)CC. The Bertz CT molecular complexity index is 216. The van der Waals surface area contributed by atoms with Gasteiger partial charge in [0, 0.05) is 11.6 Å². The van der Waals surface area contributed by atoms with Crippen molar-refractivity contribution in [3.05, 3.63) is 35.4 Å². The van der Waals surface area contributed by atoms with Crippen LogP contribution in [0.2, 0.25) is 0 Å². The van der Waals surface area contributed by atoms with E-state index in [1.54, 1.807) is 6.08 Å². The van der Waals surface area contributed by atoms with Crippen molar-refractivity contribution < 1.29 is 0 Å². The Kier molecular flexibility index (Phi) is 6.65. The summed E-state index contributed by atoms with van der Waals surface area (Å²) in [4.78, 5) is 2.22. The van der Waals surface area contributed by atoms with Crippen molar-refractivity contribution in [1.82, 2.24) is 4.90 Å². The Labute approximate surface area is 86.4 Å². The third-order valence-electron chi connectivity index (χ3n) is 1.88. The van der Waals surface area contributed by atoms with Gasteiger partial charge in [-0.1, -0.05) is 37.3 Å². The van der Waals surface area contributed by atoms with E-state index in [4.69, 9.17) is 11.6 Å². The van der Waals surface area contributed by atoms with Gasteiger partial charge in [-0.25, -0.2) is 0 Å². The number of halogens is 1. The van der Waals surface area contributed by atoms with Crippen LogP contribution in [0.1, 0.15) is 13.8 Å². The third-order valence-corrected chi connectivity index (χ3v) is 2.14. The molecule has 0 aliphatic rings. The van der Waals surface area contributed by atoms with Gasteiger partial charge in [0.25, 0.3) is 0 Å². The first-order valence-electron chi connectivity index (χ1n) is 4.47. The second-order valence-electron chi connectivity index (χ2n) is 2.93. The number of hydrogen-bond donors (Lipinski definition) is 0. The van der Waals surface area contributed by atoms with Crippen LogP contribution < -0.4 is 0 Å². The number of rotatable bonds is 5. The first-order valence-corrected chi connectivity index (χ1v) is 4.85. The molecule has 0 aromatic rings. The van der Waals surface area contributed by atoms with Gasteiger partial charge < -0.3 is 4.90 Å². The Morgan fingerprint density at radius 1 is 1.54 bits per heavy atom. The molecule has 0 aromatic carbocycles. The fourth-order valence-electron chi connectivity index (χ4n) is 0.880. The molecular weight excluding hydrogens is 182 g/mol. The predicted molar refractivity (Wildman–Crippen MR) is 61.1 cm³/mol. The molecule has 1 nitrogen and oxygen atoms in total. The fraction of sp³-hybridized carbons (Fsp3) is 0.455. The molecule has 0 radical (unpaired) electrons. The van der Waals surface area contributed by atoms with Crippen molar-refractivity contribution in [2.24, 2.45) is 0 Å². The molecule has 0 heterocycles. The van der Waals surface area contributed by atoms with Crippen molar-refractivity contribution in [2.45, 2.75) is 13.8 Å². The van der Waals surface area contributed by atoms with Gasteiger partial charge in [0.05, 0.1) is 0 Å². The van der Waals surface area contributed by atoms with E-state index >= 15 is 0 Å². The molecule has 0 N–H and O–H groups in total. The van der Waals surface area contributed by atoms with Crippen molar-refractivity contribution in [2.75, 3.05) is 20.1 Å². The summed E-state index contributed by atoms with van der Waals surface area (Å²) in [6.07, 6.45) is 5.66. The van der Waals surface area contributed by atoms with Gasteiger partial charge >= 0.3 is 0 Å². The molecule has 0 unspecified atom stereocenters. The molecule has 0 atom stereocenters. The highest BCUT2D eigenvalue weighted by Gasteiger charge is 1.97. The summed E-state index contributed by atoms with van der Waals surface area (Å²) in [6.45, 7) is 9.72. The molecule has 0 aromatic heterocycles. The van der Waals surface area contributed by atoms with Crippen molar-refractivity contribution in [1.29, 1.82) is 0 Å². The zero-order valence-corrected chi connectivity index (χ0v) is 9.43. The van der Waals surface area contributed by atoms with E-state index in [0.29, 0.717) is 5.03 Å². The summed E-state index contributed by atoms with van der Waals surface area (Å²) in [7, 11) is 2.08. The predicted octanol–water partition coefficient (Wildman–Crippen LogP) is 3.19. The van der Waals surface area contributed by atoms with Crippen LogP contribution in [0.4, 0.5) is 0 Å². The molecule has 0 aliphatic carbocycles. The van der Waals surface area contributed by atoms with E-state index in [1.165, 1.54) is 5.57 Å². The van der Waals surface area contributed by atoms with Crippen LogP contribution in [-0.4, -0.2) is 25.0 Å². The van der Waals surface area contributed by atoms with Crippen molar-refractivity contribution >= 4 is 11.6 Å². The minimum absolute atomic E-state index is 0.692. The van der Waals surface area contributed by atoms with Gasteiger partial charge in [-0.05, 0) is 32.2 Å². The molecule has 0 spiro atoms. The Morgan fingerprint density at radius 2 is 2.15 bits per heavy atom. The van der Waals surface area contributed by atoms with Crippen LogP contribution in [0.25, 0.3) is 0 Å². The molecule has 0 saturated carbocycles. The maximum absolute atomic E-state index is 5.85. The van der Waals surface area contributed by atoms with Gasteiger partial charge in [0.15, 0.2) is 0 Å². The number of hydrogen-bond acceptors (Lipinski definition) is 1. The first-order chi connectivity index (χ1) is 6.13. The minimum Gasteiger partial charge on any atom is -0.302 e. The number of likely N-dealkylation sites (N-methyl/N-ethyl adjacent to an activating group) is 1. The summed E-state index contributed by atoms with van der Waals surface area (Å²) < 4.78 is 0. The molecule has 13 heavy (non-hydrogen) atoms. The highest BCUT2D eigenvalue weighted by atomic mass is 35.5. The summed E-state index contributed by atoms with van der Waals surface area (Å²) in [6, 6.07) is 0. The number of nitrogens with zero attached hydrogens (tertiary/aromatic N) is 1. The molecule has 74 valence electrons. The highest BCUT2D eigenvalue weighted by molar-refractivity contribution is 6.31. The van der Waals surface area contributed by atoms with E-state index in [1.807, 2.05) is 13.0 Å². The van der Waals surface area contributed by atoms with E-state index in [0.717, 1.165) is 13.1 Å². The summed E-state index contributed by atoms with van der Waals surface area (Å²) in [5.41, 5.74) is 1.22. The highest BCUT2D eigenvalue weighted by Crippen LogP contribution is 2.08. The average molecular weight is 200 g/mol. The summed E-state index contributed by atoms with van der Waals surface area (Å²) in [5.74, 6) is 0. The normalized spacial score (nSPS) is 13.6. The quantitative estimate of drug-likeness (QED) is 0.615. The Morgan fingerprint density at radius 3 is 2.54 bits per heavy atom. The zero-order chi connectivity index (χ0) is 10.3. The Hall–Kier alpha value is -0.530. The van der Waals surface area contributed by atoms with Gasteiger partial charge in [0.1, 0.15) is 0 Å². The molecule has 0 bridgehead atoms. The monoisotopic (exact) mass is 199 g/mol. The minimum atomic E-state index is 0.692. The lowest BCUT2D eigenvalue weighted by Crippen LogP contribution is -2.19. The second-order valence-corrected chi connectivity index (χ2v) is 3.36. The molecule has 0 saturated heterocycles. The first kappa shape index (κ1) is 12.5. The molecule has 0 fully saturated rings. The standard InChI is InChI=1S/C11H18ClN/c1-5-10(8-11(12)6-2)9-13(4)7-3/h5-6,8H,2,7,9H2,1,3-4H3/b10-5+,11-8+. The van der Waals surface area contributed by atoms with E-state index in [9.17, 15) is 0 Å². The second kappa shape index (κ2) is 6.93. The van der Waals surface area contributed by atoms with Gasteiger partial charge in [-0.3, -0.25) is 0 Å². The Balaban J connectivity index is 4.29. The maximum Gasteiger partial charge on any atom is 0.0403 e. The maximum atomic E-state index is 5.85. The molecule has 0 amide bonds. The summed E-state index contributed by atoms with van der Waals surface area (Å²) in [5, 5.41) is 0.692. The van der Waals surface area contributed by atoms with Crippen LogP contribution in [0.3, 0.4) is 0 Å². The van der Waals surface area contributed by atoms with E-state index < -0.39 is 0 Å².